The van der Waals surface area contributed by atoms with Gasteiger partial charge in [-0.05, 0) is 39.2 Å². The Balaban J connectivity index is 2.31. The normalized spacial score (nSPS) is 23.8. The highest BCUT2D eigenvalue weighted by Gasteiger charge is 2.31. The summed E-state index contributed by atoms with van der Waals surface area (Å²) in [7, 11) is 0. The SMILES string of the molecule is CC(C)NC(=O)CNC(=O)[C@@H]1CCC[C@@H]1CN. The van der Waals surface area contributed by atoms with E-state index in [9.17, 15) is 9.59 Å². The molecule has 98 valence electrons. The second-order valence-corrected chi connectivity index (χ2v) is 4.97. The highest BCUT2D eigenvalue weighted by atomic mass is 16.2. The molecule has 5 heteroatoms. The molecule has 0 aromatic rings. The quantitative estimate of drug-likeness (QED) is 0.633. The third-order valence-corrected chi connectivity index (χ3v) is 3.17. The van der Waals surface area contributed by atoms with Crippen molar-refractivity contribution in [1.29, 1.82) is 0 Å². The van der Waals surface area contributed by atoms with Crippen LogP contribution in [0.4, 0.5) is 0 Å². The van der Waals surface area contributed by atoms with E-state index in [-0.39, 0.29) is 36.2 Å². The lowest BCUT2D eigenvalue weighted by Gasteiger charge is -2.17. The van der Waals surface area contributed by atoms with Gasteiger partial charge in [-0.3, -0.25) is 9.59 Å². The largest absolute Gasteiger partial charge is 0.352 e. The molecule has 0 heterocycles. The van der Waals surface area contributed by atoms with Crippen molar-refractivity contribution in [1.82, 2.24) is 10.6 Å². The van der Waals surface area contributed by atoms with Crippen LogP contribution < -0.4 is 16.4 Å². The average molecular weight is 241 g/mol. The van der Waals surface area contributed by atoms with Crippen molar-refractivity contribution < 1.29 is 9.59 Å². The number of rotatable bonds is 5. The number of hydrogen-bond acceptors (Lipinski definition) is 3. The first-order valence-corrected chi connectivity index (χ1v) is 6.31. The van der Waals surface area contributed by atoms with Gasteiger partial charge in [0.05, 0.1) is 6.54 Å². The second kappa shape index (κ2) is 6.59. The van der Waals surface area contributed by atoms with Gasteiger partial charge in [0.1, 0.15) is 0 Å². The zero-order valence-electron chi connectivity index (χ0n) is 10.7. The van der Waals surface area contributed by atoms with E-state index in [0.717, 1.165) is 19.3 Å². The van der Waals surface area contributed by atoms with Gasteiger partial charge in [-0.25, -0.2) is 0 Å². The van der Waals surface area contributed by atoms with Crippen LogP contribution in [0.1, 0.15) is 33.1 Å². The molecule has 2 atom stereocenters. The van der Waals surface area contributed by atoms with Crippen LogP contribution in [0, 0.1) is 11.8 Å². The van der Waals surface area contributed by atoms with E-state index >= 15 is 0 Å². The lowest BCUT2D eigenvalue weighted by molar-refractivity contribution is -0.129. The summed E-state index contributed by atoms with van der Waals surface area (Å²) in [6, 6.07) is 0.0997. The molecule has 5 nitrogen and oxygen atoms in total. The highest BCUT2D eigenvalue weighted by molar-refractivity contribution is 5.86. The molecule has 0 saturated heterocycles. The second-order valence-electron chi connectivity index (χ2n) is 4.97. The van der Waals surface area contributed by atoms with Gasteiger partial charge >= 0.3 is 0 Å². The summed E-state index contributed by atoms with van der Waals surface area (Å²) < 4.78 is 0. The molecular formula is C12H23N3O2. The van der Waals surface area contributed by atoms with E-state index in [1.54, 1.807) is 0 Å². The Morgan fingerprint density at radius 3 is 2.65 bits per heavy atom. The van der Waals surface area contributed by atoms with Crippen molar-refractivity contribution >= 4 is 11.8 Å². The molecule has 4 N–H and O–H groups in total. The summed E-state index contributed by atoms with van der Waals surface area (Å²) in [5.74, 6) is 0.0995. The maximum absolute atomic E-state index is 11.9. The number of nitrogens with one attached hydrogen (secondary N) is 2. The molecule has 0 aromatic carbocycles. The molecule has 1 saturated carbocycles. The first-order valence-electron chi connectivity index (χ1n) is 6.31. The molecule has 1 rings (SSSR count). The predicted octanol–water partition coefficient (Wildman–Crippen LogP) is 0.00220. The van der Waals surface area contributed by atoms with Crippen LogP contribution in [-0.2, 0) is 9.59 Å². The van der Waals surface area contributed by atoms with Gasteiger partial charge in [0, 0.05) is 12.0 Å². The first kappa shape index (κ1) is 14.0. The first-order chi connectivity index (χ1) is 8.04. The fraction of sp³-hybridized carbons (Fsp3) is 0.833. The fourth-order valence-corrected chi connectivity index (χ4v) is 2.34. The van der Waals surface area contributed by atoms with Crippen molar-refractivity contribution in [2.24, 2.45) is 17.6 Å². The van der Waals surface area contributed by atoms with Crippen molar-refractivity contribution in [3.8, 4) is 0 Å². The molecule has 2 amide bonds. The monoisotopic (exact) mass is 241 g/mol. The molecule has 1 fully saturated rings. The molecule has 0 aromatic heterocycles. The summed E-state index contributed by atoms with van der Waals surface area (Å²) in [6.45, 7) is 4.39. The van der Waals surface area contributed by atoms with Crippen LogP contribution in [-0.4, -0.2) is 30.9 Å². The van der Waals surface area contributed by atoms with E-state index < -0.39 is 0 Å². The highest BCUT2D eigenvalue weighted by Crippen LogP contribution is 2.30. The van der Waals surface area contributed by atoms with Gasteiger partial charge in [0.25, 0.3) is 0 Å². The third kappa shape index (κ3) is 4.34. The number of amides is 2. The molecule has 1 aliphatic rings. The Labute approximate surface area is 103 Å². The lowest BCUT2D eigenvalue weighted by atomic mass is 9.95. The van der Waals surface area contributed by atoms with E-state index in [0.29, 0.717) is 6.54 Å². The Morgan fingerprint density at radius 1 is 1.35 bits per heavy atom. The Morgan fingerprint density at radius 2 is 2.06 bits per heavy atom. The standard InChI is InChI=1S/C12H23N3O2/c1-8(2)15-11(16)7-14-12(17)10-5-3-4-9(10)6-13/h8-10H,3-7,13H2,1-2H3,(H,14,17)(H,15,16)/t9-,10-/m1/s1. The summed E-state index contributed by atoms with van der Waals surface area (Å²) in [4.78, 5) is 23.2. The molecule has 0 unspecified atom stereocenters. The van der Waals surface area contributed by atoms with Crippen LogP contribution >= 0.6 is 0 Å². The van der Waals surface area contributed by atoms with Crippen molar-refractivity contribution in [2.75, 3.05) is 13.1 Å². The molecule has 0 spiro atoms. The summed E-state index contributed by atoms with van der Waals surface area (Å²) >= 11 is 0. The van der Waals surface area contributed by atoms with Crippen LogP contribution in [0.3, 0.4) is 0 Å². The van der Waals surface area contributed by atoms with Gasteiger partial charge < -0.3 is 16.4 Å². The smallest absolute Gasteiger partial charge is 0.239 e. The molecule has 1 aliphatic carbocycles. The van der Waals surface area contributed by atoms with Crippen LogP contribution in [0.2, 0.25) is 0 Å². The Hall–Kier alpha value is -1.10. The fourth-order valence-electron chi connectivity index (χ4n) is 2.34. The zero-order chi connectivity index (χ0) is 12.8. The molecule has 0 bridgehead atoms. The van der Waals surface area contributed by atoms with Crippen LogP contribution in [0.15, 0.2) is 0 Å². The number of carbonyl (C=O) groups excluding carboxylic acids is 2. The third-order valence-electron chi connectivity index (χ3n) is 3.17. The minimum atomic E-state index is -0.143. The van der Waals surface area contributed by atoms with Gasteiger partial charge in [-0.15, -0.1) is 0 Å². The number of nitrogens with two attached hydrogens (primary N) is 1. The van der Waals surface area contributed by atoms with Gasteiger partial charge in [-0.1, -0.05) is 6.42 Å². The van der Waals surface area contributed by atoms with E-state index in [1.165, 1.54) is 0 Å². The van der Waals surface area contributed by atoms with Crippen molar-refractivity contribution in [3.05, 3.63) is 0 Å². The van der Waals surface area contributed by atoms with Crippen LogP contribution in [0.5, 0.6) is 0 Å². The van der Waals surface area contributed by atoms with Crippen molar-refractivity contribution in [3.63, 3.8) is 0 Å². The Kier molecular flexibility index (Phi) is 5.41. The van der Waals surface area contributed by atoms with Crippen LogP contribution in [0.25, 0.3) is 0 Å². The van der Waals surface area contributed by atoms with Gasteiger partial charge in [0.2, 0.25) is 11.8 Å². The summed E-state index contributed by atoms with van der Waals surface area (Å²) in [6.07, 6.45) is 2.96. The van der Waals surface area contributed by atoms with Gasteiger partial charge in [0.15, 0.2) is 0 Å². The van der Waals surface area contributed by atoms with E-state index in [4.69, 9.17) is 5.73 Å². The summed E-state index contributed by atoms with van der Waals surface area (Å²) in [5.41, 5.74) is 5.62. The minimum Gasteiger partial charge on any atom is -0.352 e. The summed E-state index contributed by atoms with van der Waals surface area (Å²) in [5, 5.41) is 5.42. The molecular weight excluding hydrogens is 218 g/mol. The van der Waals surface area contributed by atoms with E-state index in [2.05, 4.69) is 10.6 Å². The maximum atomic E-state index is 11.9. The zero-order valence-corrected chi connectivity index (χ0v) is 10.7. The predicted molar refractivity (Wildman–Crippen MR) is 66.2 cm³/mol. The average Bonchev–Trinajstić information content (AvgIpc) is 2.72. The minimum absolute atomic E-state index is 0.00755. The Bertz CT molecular complexity index is 279. The van der Waals surface area contributed by atoms with Gasteiger partial charge in [-0.2, -0.15) is 0 Å². The number of hydrogen-bond donors (Lipinski definition) is 3. The molecule has 0 radical (unpaired) electrons. The number of carbonyl (C=O) groups is 2. The molecule has 17 heavy (non-hydrogen) atoms. The van der Waals surface area contributed by atoms with Crippen molar-refractivity contribution in [2.45, 2.75) is 39.2 Å². The van der Waals surface area contributed by atoms with E-state index in [1.807, 2.05) is 13.8 Å². The maximum Gasteiger partial charge on any atom is 0.239 e. The topological polar surface area (TPSA) is 84.2 Å². The molecule has 0 aliphatic heterocycles. The lowest BCUT2D eigenvalue weighted by Crippen LogP contribution is -2.42.